The van der Waals surface area contributed by atoms with Crippen LogP contribution >= 0.6 is 0 Å². The molecule has 9 heteroatoms. The summed E-state index contributed by atoms with van der Waals surface area (Å²) in [6.07, 6.45) is 15.0. The van der Waals surface area contributed by atoms with Crippen molar-refractivity contribution in [1.29, 1.82) is 0 Å². The van der Waals surface area contributed by atoms with E-state index < -0.39 is 0 Å². The largest absolute Gasteiger partial charge is 0.379 e. The zero-order valence-corrected chi connectivity index (χ0v) is 26.4. The highest BCUT2D eigenvalue weighted by Gasteiger charge is 2.57. The van der Waals surface area contributed by atoms with Crippen molar-refractivity contribution >= 4 is 11.7 Å². The first-order valence-electron chi connectivity index (χ1n) is 17.8. The molecule has 4 aliphatic heterocycles. The molecule has 3 aliphatic carbocycles. The Kier molecular flexibility index (Phi) is 9.43. The lowest BCUT2D eigenvalue weighted by Crippen LogP contribution is -2.71. The number of carbonyl (C=O) groups is 2. The van der Waals surface area contributed by atoms with E-state index in [1.807, 2.05) is 6.20 Å². The van der Waals surface area contributed by atoms with Gasteiger partial charge in [-0.3, -0.25) is 19.4 Å². The quantitative estimate of drug-likeness (QED) is 0.310. The molecule has 0 aromatic heterocycles. The van der Waals surface area contributed by atoms with E-state index in [0.29, 0.717) is 18.2 Å². The van der Waals surface area contributed by atoms with Crippen molar-refractivity contribution in [3.8, 4) is 0 Å². The lowest BCUT2D eigenvalue weighted by atomic mass is 9.65. The highest BCUT2D eigenvalue weighted by molar-refractivity contribution is 6.20. The Morgan fingerprint density at radius 3 is 2.56 bits per heavy atom. The van der Waals surface area contributed by atoms with Gasteiger partial charge in [-0.25, -0.2) is 0 Å². The highest BCUT2D eigenvalue weighted by Crippen LogP contribution is 2.49. The number of ketones is 1. The zero-order valence-electron chi connectivity index (χ0n) is 26.4. The van der Waals surface area contributed by atoms with Crippen LogP contribution in [0.5, 0.6) is 0 Å². The van der Waals surface area contributed by atoms with Crippen LogP contribution in [0.25, 0.3) is 0 Å². The number of fused-ring (bicyclic) bond motifs is 3. The van der Waals surface area contributed by atoms with E-state index in [0.717, 1.165) is 89.9 Å². The first kappa shape index (κ1) is 30.2. The molecule has 9 unspecified atom stereocenters. The zero-order chi connectivity index (χ0) is 29.3. The first-order valence-corrected chi connectivity index (χ1v) is 17.8. The van der Waals surface area contributed by atoms with Crippen molar-refractivity contribution in [1.82, 2.24) is 25.3 Å². The van der Waals surface area contributed by atoms with E-state index in [-0.39, 0.29) is 47.9 Å². The fraction of sp³-hybridized carbons (Fsp3) is 0.882. The molecular weight excluding hydrogens is 542 g/mol. The smallest absolute Gasteiger partial charge is 0.256 e. The lowest BCUT2D eigenvalue weighted by molar-refractivity contribution is -0.200. The number of nitrogens with one attached hydrogen (secondary N) is 2. The Hall–Kier alpha value is -1.52. The van der Waals surface area contributed by atoms with Gasteiger partial charge in [0.1, 0.15) is 0 Å². The van der Waals surface area contributed by atoms with Crippen LogP contribution in [0, 0.1) is 17.8 Å². The van der Waals surface area contributed by atoms with Crippen LogP contribution in [0.15, 0.2) is 11.8 Å². The van der Waals surface area contributed by atoms with Gasteiger partial charge in [-0.1, -0.05) is 25.7 Å². The van der Waals surface area contributed by atoms with Gasteiger partial charge in [0.05, 0.1) is 43.1 Å². The maximum atomic E-state index is 14.0. The summed E-state index contributed by atoms with van der Waals surface area (Å²) < 4.78 is 12.6. The summed E-state index contributed by atoms with van der Waals surface area (Å²) in [6, 6.07) is 1.23. The molecular formula is C34H55N5O4. The molecule has 6 fully saturated rings. The molecule has 4 heterocycles. The monoisotopic (exact) mass is 597 g/mol. The van der Waals surface area contributed by atoms with Crippen molar-refractivity contribution in [2.45, 2.75) is 114 Å². The van der Waals surface area contributed by atoms with Crippen LogP contribution in [0.2, 0.25) is 0 Å². The number of amides is 1. The van der Waals surface area contributed by atoms with Gasteiger partial charge in [0.15, 0.2) is 5.78 Å². The minimum atomic E-state index is -0.184. The van der Waals surface area contributed by atoms with Crippen molar-refractivity contribution in [3.63, 3.8) is 0 Å². The Balaban J connectivity index is 1.06. The summed E-state index contributed by atoms with van der Waals surface area (Å²) in [6.45, 7) is 10.6. The molecule has 0 bridgehead atoms. The minimum absolute atomic E-state index is 0.00512. The highest BCUT2D eigenvalue weighted by atomic mass is 16.5. The van der Waals surface area contributed by atoms with Crippen molar-refractivity contribution in [2.75, 3.05) is 59.0 Å². The van der Waals surface area contributed by atoms with Crippen LogP contribution in [0.4, 0.5) is 0 Å². The third kappa shape index (κ3) is 6.31. The molecule has 7 rings (SSSR count). The molecule has 0 radical (unpaired) electrons. The van der Waals surface area contributed by atoms with Crippen LogP contribution in [0.3, 0.4) is 0 Å². The fourth-order valence-electron chi connectivity index (χ4n) is 9.83. The molecule has 3 saturated heterocycles. The average molecular weight is 598 g/mol. The summed E-state index contributed by atoms with van der Waals surface area (Å²) in [7, 11) is 0. The Bertz CT molecular complexity index is 1030. The Morgan fingerprint density at radius 1 is 0.953 bits per heavy atom. The van der Waals surface area contributed by atoms with Crippen LogP contribution in [0.1, 0.15) is 77.6 Å². The van der Waals surface area contributed by atoms with Gasteiger partial charge in [-0.15, -0.1) is 0 Å². The van der Waals surface area contributed by atoms with Gasteiger partial charge in [0.2, 0.25) is 0 Å². The summed E-state index contributed by atoms with van der Waals surface area (Å²) in [5, 5.41) is 7.02. The van der Waals surface area contributed by atoms with Crippen molar-refractivity contribution in [2.24, 2.45) is 17.8 Å². The number of hydrogen-bond acceptors (Lipinski definition) is 8. The summed E-state index contributed by atoms with van der Waals surface area (Å²) >= 11 is 0. The third-order valence-corrected chi connectivity index (χ3v) is 12.2. The van der Waals surface area contributed by atoms with Gasteiger partial charge in [-0.05, 0) is 76.8 Å². The molecule has 7 aliphatic rings. The fourth-order valence-corrected chi connectivity index (χ4v) is 9.83. The van der Waals surface area contributed by atoms with E-state index in [1.165, 1.54) is 45.1 Å². The SMILES string of the molecule is CC1CCCN1CCNC1CCC2C(=O)C(C(=O)NCCCN3CCOCC3)=CN3C4CC5CCCCC5CC4OC1C23. The summed E-state index contributed by atoms with van der Waals surface area (Å²) in [5.74, 6) is 1.20. The predicted molar refractivity (Wildman–Crippen MR) is 166 cm³/mol. The number of hydrogen-bond donors (Lipinski definition) is 2. The maximum Gasteiger partial charge on any atom is 0.256 e. The number of carbonyl (C=O) groups excluding carboxylic acids is 2. The average Bonchev–Trinajstić information content (AvgIpc) is 3.44. The maximum absolute atomic E-state index is 14.0. The van der Waals surface area contributed by atoms with Crippen molar-refractivity contribution < 1.29 is 19.1 Å². The topological polar surface area (TPSA) is 86.4 Å². The summed E-state index contributed by atoms with van der Waals surface area (Å²) in [4.78, 5) is 35.0. The molecule has 0 spiro atoms. The third-order valence-electron chi connectivity index (χ3n) is 12.2. The molecule has 9 atom stereocenters. The van der Waals surface area contributed by atoms with Crippen LogP contribution < -0.4 is 10.6 Å². The van der Waals surface area contributed by atoms with Crippen molar-refractivity contribution in [3.05, 3.63) is 11.8 Å². The first-order chi connectivity index (χ1) is 21.1. The second-order valence-corrected chi connectivity index (χ2v) is 14.7. The second kappa shape index (κ2) is 13.5. The molecule has 9 nitrogen and oxygen atoms in total. The molecule has 240 valence electrons. The van der Waals surface area contributed by atoms with Crippen LogP contribution in [-0.4, -0.2) is 122 Å². The number of likely N-dealkylation sites (tertiary alicyclic amines) is 1. The Labute approximate surface area is 258 Å². The molecule has 2 N–H and O–H groups in total. The molecule has 0 aromatic rings. The van der Waals surface area contributed by atoms with E-state index >= 15 is 0 Å². The standard InChI is InChI=1S/C34H55N5O4/c1-23-6-4-14-38(23)15-12-35-28-10-9-26-31-33(28)43-30-21-25-8-3-2-7-24(25)20-29(30)39(31)22-27(32(26)40)34(41)36-11-5-13-37-16-18-42-19-17-37/h22-26,28-31,33,35H,2-21H2,1H3,(H,36,41). The second-order valence-electron chi connectivity index (χ2n) is 14.7. The number of nitrogens with zero attached hydrogens (tertiary/aromatic N) is 3. The number of rotatable bonds is 9. The normalized spacial score (nSPS) is 39.9. The van der Waals surface area contributed by atoms with E-state index in [9.17, 15) is 9.59 Å². The van der Waals surface area contributed by atoms with E-state index in [2.05, 4.69) is 32.3 Å². The van der Waals surface area contributed by atoms with Gasteiger partial charge < -0.3 is 25.0 Å². The number of morpholine rings is 2. The predicted octanol–water partition coefficient (Wildman–Crippen LogP) is 2.55. The number of ether oxygens (including phenoxy) is 2. The Morgan fingerprint density at radius 2 is 1.77 bits per heavy atom. The van der Waals surface area contributed by atoms with Crippen LogP contribution in [-0.2, 0) is 19.1 Å². The minimum Gasteiger partial charge on any atom is -0.379 e. The number of Topliss-reactive ketones (excluding diaryl/α,β-unsaturated/α-hetero) is 1. The van der Waals surface area contributed by atoms with E-state index in [1.54, 1.807) is 0 Å². The lowest BCUT2D eigenvalue weighted by Gasteiger charge is -2.60. The molecule has 1 amide bonds. The molecule has 3 saturated carbocycles. The summed E-state index contributed by atoms with van der Waals surface area (Å²) in [5.41, 5.74) is 0.382. The van der Waals surface area contributed by atoms with Gasteiger partial charge in [-0.2, -0.15) is 0 Å². The molecule has 0 aromatic carbocycles. The molecule has 43 heavy (non-hydrogen) atoms. The van der Waals surface area contributed by atoms with Gasteiger partial charge in [0, 0.05) is 56.9 Å². The van der Waals surface area contributed by atoms with E-state index in [4.69, 9.17) is 9.47 Å². The van der Waals surface area contributed by atoms with Gasteiger partial charge >= 0.3 is 0 Å². The van der Waals surface area contributed by atoms with Gasteiger partial charge in [0.25, 0.3) is 5.91 Å².